The van der Waals surface area contributed by atoms with Crippen molar-refractivity contribution in [3.8, 4) is 0 Å². The number of hydrogen-bond acceptors (Lipinski definition) is 3. The van der Waals surface area contributed by atoms with Crippen molar-refractivity contribution in [1.29, 1.82) is 0 Å². The van der Waals surface area contributed by atoms with Gasteiger partial charge in [0.25, 0.3) is 0 Å². The summed E-state index contributed by atoms with van der Waals surface area (Å²) >= 11 is 3.69. The minimum absolute atomic E-state index is 0. The molecule has 1 aliphatic carbocycles. The maximum Gasteiger partial charge on any atom is 0.191 e. The van der Waals surface area contributed by atoms with E-state index in [1.54, 1.807) is 0 Å². The zero-order valence-electron chi connectivity index (χ0n) is 16.0. The lowest BCUT2D eigenvalue weighted by Crippen LogP contribution is -2.41. The van der Waals surface area contributed by atoms with E-state index in [4.69, 9.17) is 9.47 Å². The number of halogens is 2. The summed E-state index contributed by atoms with van der Waals surface area (Å²) in [5.74, 6) is 0.863. The van der Waals surface area contributed by atoms with E-state index >= 15 is 0 Å². The fourth-order valence-electron chi connectivity index (χ4n) is 3.43. The number of rotatable bonds is 9. The van der Waals surface area contributed by atoms with Crippen molar-refractivity contribution >= 4 is 45.9 Å². The van der Waals surface area contributed by atoms with Crippen LogP contribution in [0.5, 0.6) is 0 Å². The van der Waals surface area contributed by atoms with Crippen LogP contribution in [-0.2, 0) is 14.9 Å². The molecule has 0 radical (unpaired) electrons. The molecular weight excluding hydrogens is 521 g/mol. The van der Waals surface area contributed by atoms with E-state index in [1.165, 1.54) is 29.3 Å². The lowest BCUT2D eigenvalue weighted by atomic mass is 9.96. The smallest absolute Gasteiger partial charge is 0.191 e. The average molecular weight is 552 g/mol. The molecule has 0 bridgehead atoms. The van der Waals surface area contributed by atoms with Crippen LogP contribution in [0, 0.1) is 0 Å². The number of guanidine groups is 1. The number of nitrogens with one attached hydrogen (secondary N) is 2. The topological polar surface area (TPSA) is 54.9 Å². The van der Waals surface area contributed by atoms with Gasteiger partial charge < -0.3 is 20.1 Å². The molecule has 1 atom stereocenters. The van der Waals surface area contributed by atoms with Crippen molar-refractivity contribution in [3.05, 3.63) is 34.3 Å². The number of benzene rings is 1. The number of hydrogen-bond donors (Lipinski definition) is 2. The molecule has 1 saturated carbocycles. The Morgan fingerprint density at radius 1 is 1.33 bits per heavy atom. The molecule has 1 saturated heterocycles. The Morgan fingerprint density at radius 3 is 2.81 bits per heavy atom. The second kappa shape index (κ2) is 11.6. The second-order valence-corrected chi connectivity index (χ2v) is 8.03. The predicted molar refractivity (Wildman–Crippen MR) is 124 cm³/mol. The molecule has 2 N–H and O–H groups in total. The Morgan fingerprint density at radius 2 is 2.15 bits per heavy atom. The highest BCUT2D eigenvalue weighted by atomic mass is 127. The van der Waals surface area contributed by atoms with E-state index in [9.17, 15) is 0 Å². The van der Waals surface area contributed by atoms with Gasteiger partial charge in [-0.3, -0.25) is 4.99 Å². The fourth-order valence-corrected chi connectivity index (χ4v) is 4.13. The van der Waals surface area contributed by atoms with Crippen LogP contribution < -0.4 is 10.6 Å². The highest BCUT2D eigenvalue weighted by molar-refractivity contribution is 14.0. The summed E-state index contributed by atoms with van der Waals surface area (Å²) < 4.78 is 12.5. The molecule has 0 aromatic heterocycles. The molecule has 27 heavy (non-hydrogen) atoms. The lowest BCUT2D eigenvalue weighted by Gasteiger charge is -2.20. The molecule has 1 aromatic carbocycles. The molecule has 1 aromatic rings. The fraction of sp³-hybridized carbons (Fsp3) is 0.650. The van der Waals surface area contributed by atoms with Crippen LogP contribution in [0.25, 0.3) is 0 Å². The first kappa shape index (κ1) is 22.9. The van der Waals surface area contributed by atoms with E-state index in [-0.39, 0.29) is 29.4 Å². The minimum Gasteiger partial charge on any atom is -0.379 e. The SMILES string of the molecule is CN=C(NCCCOCC1CCCO1)NCC1(c2ccccc2Br)CC1.I. The van der Waals surface area contributed by atoms with Gasteiger partial charge in [0, 0.05) is 43.2 Å². The van der Waals surface area contributed by atoms with Crippen LogP contribution >= 0.6 is 39.9 Å². The van der Waals surface area contributed by atoms with Gasteiger partial charge in [0.1, 0.15) is 0 Å². The maximum absolute atomic E-state index is 5.70. The van der Waals surface area contributed by atoms with E-state index in [0.29, 0.717) is 6.10 Å². The second-order valence-electron chi connectivity index (χ2n) is 7.18. The van der Waals surface area contributed by atoms with Gasteiger partial charge in [-0.25, -0.2) is 0 Å². The Labute approximate surface area is 188 Å². The standard InChI is InChI=1S/C20H30BrN3O2.HI/c1-22-19(23-11-5-12-25-14-16-6-4-13-26-16)24-15-20(9-10-20)17-7-2-3-8-18(17)21;/h2-3,7-8,16H,4-6,9-15H2,1H3,(H2,22,23,24);1H. The largest absolute Gasteiger partial charge is 0.379 e. The summed E-state index contributed by atoms with van der Waals surface area (Å²) in [6.45, 7) is 4.13. The van der Waals surface area contributed by atoms with Crippen molar-refractivity contribution in [1.82, 2.24) is 10.6 Å². The molecule has 7 heteroatoms. The third kappa shape index (κ3) is 6.87. The first-order chi connectivity index (χ1) is 12.7. The zero-order valence-corrected chi connectivity index (χ0v) is 19.9. The van der Waals surface area contributed by atoms with Crippen LogP contribution in [0.4, 0.5) is 0 Å². The number of ether oxygens (including phenoxy) is 2. The Kier molecular flexibility index (Phi) is 9.82. The summed E-state index contributed by atoms with van der Waals surface area (Å²) in [5.41, 5.74) is 1.63. The predicted octanol–water partition coefficient (Wildman–Crippen LogP) is 3.85. The van der Waals surface area contributed by atoms with Gasteiger partial charge in [0.05, 0.1) is 12.7 Å². The lowest BCUT2D eigenvalue weighted by molar-refractivity contribution is 0.0168. The average Bonchev–Trinajstić information content (AvgIpc) is 3.26. The van der Waals surface area contributed by atoms with E-state index in [0.717, 1.165) is 51.7 Å². The van der Waals surface area contributed by atoms with Gasteiger partial charge in [-0.1, -0.05) is 34.1 Å². The maximum atomic E-state index is 5.70. The summed E-state index contributed by atoms with van der Waals surface area (Å²) in [6, 6.07) is 8.53. The summed E-state index contributed by atoms with van der Waals surface area (Å²) in [4.78, 5) is 4.34. The van der Waals surface area contributed by atoms with E-state index in [2.05, 4.69) is 55.8 Å². The summed E-state index contributed by atoms with van der Waals surface area (Å²) in [6.07, 6.45) is 6.01. The summed E-state index contributed by atoms with van der Waals surface area (Å²) in [5, 5.41) is 6.87. The molecule has 1 heterocycles. The molecule has 2 fully saturated rings. The molecule has 3 rings (SSSR count). The zero-order chi connectivity index (χ0) is 18.2. The van der Waals surface area contributed by atoms with Gasteiger partial charge >= 0.3 is 0 Å². The third-order valence-electron chi connectivity index (χ3n) is 5.20. The molecule has 1 unspecified atom stereocenters. The van der Waals surface area contributed by atoms with Gasteiger partial charge in [0.2, 0.25) is 0 Å². The van der Waals surface area contributed by atoms with Crippen molar-refractivity contribution in [2.75, 3.05) is 40.0 Å². The monoisotopic (exact) mass is 551 g/mol. The van der Waals surface area contributed by atoms with Crippen molar-refractivity contribution in [2.24, 2.45) is 4.99 Å². The van der Waals surface area contributed by atoms with Gasteiger partial charge in [-0.2, -0.15) is 0 Å². The molecule has 0 amide bonds. The van der Waals surface area contributed by atoms with Crippen LogP contribution in [0.1, 0.15) is 37.7 Å². The van der Waals surface area contributed by atoms with Crippen LogP contribution in [0.15, 0.2) is 33.7 Å². The molecule has 2 aliphatic rings. The molecule has 1 aliphatic heterocycles. The quantitative estimate of drug-likeness (QED) is 0.212. The highest BCUT2D eigenvalue weighted by Gasteiger charge is 2.45. The van der Waals surface area contributed by atoms with Gasteiger partial charge in [-0.15, -0.1) is 24.0 Å². The molecule has 5 nitrogen and oxygen atoms in total. The van der Waals surface area contributed by atoms with Gasteiger partial charge in [0.15, 0.2) is 5.96 Å². The Hall–Kier alpha value is -0.380. The normalized spacial score (nSPS) is 20.8. The molecular formula is C20H31BrIN3O2. The third-order valence-corrected chi connectivity index (χ3v) is 5.89. The highest BCUT2D eigenvalue weighted by Crippen LogP contribution is 2.49. The van der Waals surface area contributed by atoms with Gasteiger partial charge in [-0.05, 0) is 43.7 Å². The van der Waals surface area contributed by atoms with Crippen LogP contribution in [-0.4, -0.2) is 52.0 Å². The number of aliphatic imine (C=N–C) groups is 1. The molecule has 152 valence electrons. The van der Waals surface area contributed by atoms with E-state index in [1.807, 2.05) is 7.05 Å². The van der Waals surface area contributed by atoms with Crippen LogP contribution in [0.2, 0.25) is 0 Å². The first-order valence-electron chi connectivity index (χ1n) is 9.62. The summed E-state index contributed by atoms with van der Waals surface area (Å²) in [7, 11) is 1.82. The Bertz CT molecular complexity index is 605. The Balaban J connectivity index is 0.00000261. The van der Waals surface area contributed by atoms with E-state index < -0.39 is 0 Å². The van der Waals surface area contributed by atoms with Crippen molar-refractivity contribution in [2.45, 2.75) is 43.6 Å². The first-order valence-corrected chi connectivity index (χ1v) is 10.4. The van der Waals surface area contributed by atoms with Crippen molar-refractivity contribution in [3.63, 3.8) is 0 Å². The minimum atomic E-state index is 0. The van der Waals surface area contributed by atoms with Crippen LogP contribution in [0.3, 0.4) is 0 Å². The van der Waals surface area contributed by atoms with Crippen molar-refractivity contribution < 1.29 is 9.47 Å². The molecule has 0 spiro atoms. The number of nitrogens with zero attached hydrogens (tertiary/aromatic N) is 1.